The smallest absolute Gasteiger partial charge is 0.308 e. The van der Waals surface area contributed by atoms with Crippen LogP contribution in [0.4, 0.5) is 0 Å². The van der Waals surface area contributed by atoms with Gasteiger partial charge in [-0.05, 0) is 29.3 Å². The van der Waals surface area contributed by atoms with E-state index in [9.17, 15) is 14.4 Å². The van der Waals surface area contributed by atoms with E-state index in [0.717, 1.165) is 5.56 Å². The highest BCUT2D eigenvalue weighted by atomic mass is 32.1. The molecular weight excluding hydrogens is 364 g/mol. The maximum atomic E-state index is 13.2. The third-order valence-corrected chi connectivity index (χ3v) is 5.53. The molecule has 1 aromatic heterocycles. The van der Waals surface area contributed by atoms with Crippen molar-refractivity contribution < 1.29 is 23.9 Å². The van der Waals surface area contributed by atoms with Crippen molar-refractivity contribution in [2.45, 2.75) is 32.0 Å². The molecular formula is C21H18O5S. The predicted octanol–water partition coefficient (Wildman–Crippen LogP) is 3.91. The number of ketones is 2. The molecule has 1 aliphatic heterocycles. The first-order chi connectivity index (χ1) is 13.1. The number of carbonyl (C=O) groups excluding carboxylic acids is 3. The molecule has 27 heavy (non-hydrogen) atoms. The van der Waals surface area contributed by atoms with E-state index >= 15 is 0 Å². The Morgan fingerprint density at radius 3 is 2.59 bits per heavy atom. The van der Waals surface area contributed by atoms with Gasteiger partial charge in [0.15, 0.2) is 11.6 Å². The summed E-state index contributed by atoms with van der Waals surface area (Å²) in [5.74, 6) is -0.700. The molecule has 0 amide bonds. The van der Waals surface area contributed by atoms with E-state index in [2.05, 4.69) is 0 Å². The number of rotatable bonds is 4. The Hall–Kier alpha value is -2.57. The summed E-state index contributed by atoms with van der Waals surface area (Å²) in [5.41, 5.74) is 2.50. The monoisotopic (exact) mass is 382 g/mol. The second-order valence-electron chi connectivity index (χ2n) is 6.50. The number of carbonyl (C=O) groups is 3. The minimum atomic E-state index is -0.649. The molecule has 138 valence electrons. The van der Waals surface area contributed by atoms with Crippen LogP contribution in [0.25, 0.3) is 0 Å². The largest absolute Gasteiger partial charge is 0.466 e. The van der Waals surface area contributed by atoms with Crippen LogP contribution in [0, 0.1) is 0 Å². The molecule has 6 heteroatoms. The Bertz CT molecular complexity index is 941. The number of ether oxygens (including phenoxy) is 2. The average molecular weight is 382 g/mol. The van der Waals surface area contributed by atoms with Crippen LogP contribution in [0.1, 0.15) is 52.1 Å². The van der Waals surface area contributed by atoms with Gasteiger partial charge in [-0.1, -0.05) is 24.3 Å². The number of hydrogen-bond acceptors (Lipinski definition) is 6. The summed E-state index contributed by atoms with van der Waals surface area (Å²) < 4.78 is 11.2. The minimum absolute atomic E-state index is 0.0500. The Labute approximate surface area is 160 Å². The molecule has 0 N–H and O–H groups in total. The molecule has 5 nitrogen and oxygen atoms in total. The van der Waals surface area contributed by atoms with Gasteiger partial charge in [0.05, 0.1) is 19.1 Å². The molecule has 0 bridgehead atoms. The summed E-state index contributed by atoms with van der Waals surface area (Å²) in [7, 11) is 0. The molecule has 2 atom stereocenters. The number of benzene rings is 1. The standard InChI is InChI=1S/C21H18O5S/c1-2-25-17(22)10-13-9-16-18(21(26-13)12-7-8-27-11-12)20(24)15-6-4-3-5-14(15)19(16)23/h3-8,11,13,21H,2,9-10H2,1H3/t13-,21+/m0/s1. The lowest BCUT2D eigenvalue weighted by Crippen LogP contribution is -2.35. The molecule has 4 rings (SSSR count). The van der Waals surface area contributed by atoms with Crippen molar-refractivity contribution in [2.75, 3.05) is 6.61 Å². The second-order valence-corrected chi connectivity index (χ2v) is 7.28. The highest BCUT2D eigenvalue weighted by molar-refractivity contribution is 7.08. The lowest BCUT2D eigenvalue weighted by molar-refractivity contribution is -0.147. The van der Waals surface area contributed by atoms with Gasteiger partial charge < -0.3 is 9.47 Å². The number of hydrogen-bond donors (Lipinski definition) is 0. The molecule has 0 unspecified atom stereocenters. The van der Waals surface area contributed by atoms with E-state index in [1.807, 2.05) is 16.8 Å². The molecule has 0 fully saturated rings. The zero-order valence-corrected chi connectivity index (χ0v) is 15.6. The average Bonchev–Trinajstić information content (AvgIpc) is 3.20. The minimum Gasteiger partial charge on any atom is -0.466 e. The Morgan fingerprint density at radius 1 is 1.19 bits per heavy atom. The van der Waals surface area contributed by atoms with Crippen molar-refractivity contribution in [3.63, 3.8) is 0 Å². The van der Waals surface area contributed by atoms with Crippen LogP contribution in [-0.4, -0.2) is 30.2 Å². The van der Waals surface area contributed by atoms with Crippen LogP contribution < -0.4 is 0 Å². The third kappa shape index (κ3) is 3.15. The van der Waals surface area contributed by atoms with Gasteiger partial charge in [0.25, 0.3) is 0 Å². The van der Waals surface area contributed by atoms with Crippen LogP contribution in [0.3, 0.4) is 0 Å². The van der Waals surface area contributed by atoms with Crippen molar-refractivity contribution >= 4 is 28.9 Å². The number of thiophene rings is 1. The van der Waals surface area contributed by atoms with E-state index < -0.39 is 12.2 Å². The van der Waals surface area contributed by atoms with Crippen LogP contribution in [0.15, 0.2) is 52.2 Å². The molecule has 0 radical (unpaired) electrons. The van der Waals surface area contributed by atoms with Crippen LogP contribution in [0.5, 0.6) is 0 Å². The Morgan fingerprint density at radius 2 is 1.93 bits per heavy atom. The van der Waals surface area contributed by atoms with E-state index in [0.29, 0.717) is 22.3 Å². The van der Waals surface area contributed by atoms with E-state index in [-0.39, 0.29) is 37.0 Å². The van der Waals surface area contributed by atoms with Crippen molar-refractivity contribution in [3.05, 3.63) is 68.9 Å². The first-order valence-electron chi connectivity index (χ1n) is 8.84. The van der Waals surface area contributed by atoms with E-state index in [1.54, 1.807) is 31.2 Å². The van der Waals surface area contributed by atoms with Gasteiger partial charge >= 0.3 is 5.97 Å². The number of Topliss-reactive ketones (excluding diaryl/α,β-unsaturated/α-hetero) is 2. The zero-order chi connectivity index (χ0) is 19.0. The molecule has 2 aliphatic rings. The van der Waals surface area contributed by atoms with Crippen molar-refractivity contribution in [1.82, 2.24) is 0 Å². The molecule has 0 saturated carbocycles. The van der Waals surface area contributed by atoms with Crippen molar-refractivity contribution in [1.29, 1.82) is 0 Å². The fourth-order valence-corrected chi connectivity index (χ4v) is 4.33. The molecule has 1 aliphatic carbocycles. The molecule has 0 spiro atoms. The van der Waals surface area contributed by atoms with Gasteiger partial charge in [-0.2, -0.15) is 11.3 Å². The summed E-state index contributed by atoms with van der Waals surface area (Å²) in [6, 6.07) is 8.73. The quantitative estimate of drug-likeness (QED) is 0.750. The molecule has 2 aromatic rings. The van der Waals surface area contributed by atoms with Gasteiger partial charge in [0.1, 0.15) is 6.10 Å². The maximum absolute atomic E-state index is 13.2. The topological polar surface area (TPSA) is 69.7 Å². The van der Waals surface area contributed by atoms with E-state index in [1.165, 1.54) is 11.3 Å². The first-order valence-corrected chi connectivity index (χ1v) is 9.79. The third-order valence-electron chi connectivity index (χ3n) is 4.83. The molecule has 0 saturated heterocycles. The lowest BCUT2D eigenvalue weighted by Gasteiger charge is -2.35. The highest BCUT2D eigenvalue weighted by Gasteiger charge is 2.42. The number of fused-ring (bicyclic) bond motifs is 1. The fraction of sp³-hybridized carbons (Fsp3) is 0.286. The van der Waals surface area contributed by atoms with Crippen LogP contribution >= 0.6 is 11.3 Å². The van der Waals surface area contributed by atoms with Gasteiger partial charge in [0, 0.05) is 28.7 Å². The SMILES string of the molecule is CCOC(=O)C[C@@H]1CC2=C(C(=O)c3ccccc3C2=O)[C@@H](c2ccsc2)O1. The normalized spacial score (nSPS) is 21.7. The zero-order valence-electron chi connectivity index (χ0n) is 14.8. The maximum Gasteiger partial charge on any atom is 0.308 e. The van der Waals surface area contributed by atoms with Crippen molar-refractivity contribution in [2.24, 2.45) is 0 Å². The second kappa shape index (κ2) is 7.21. The van der Waals surface area contributed by atoms with Crippen LogP contribution in [-0.2, 0) is 14.3 Å². The van der Waals surface area contributed by atoms with Gasteiger partial charge in [-0.3, -0.25) is 14.4 Å². The van der Waals surface area contributed by atoms with Crippen LogP contribution in [0.2, 0.25) is 0 Å². The van der Waals surface area contributed by atoms with Gasteiger partial charge in [-0.15, -0.1) is 0 Å². The van der Waals surface area contributed by atoms with E-state index in [4.69, 9.17) is 9.47 Å². The van der Waals surface area contributed by atoms with Gasteiger partial charge in [-0.25, -0.2) is 0 Å². The summed E-state index contributed by atoms with van der Waals surface area (Å²) in [6.45, 7) is 2.03. The summed E-state index contributed by atoms with van der Waals surface area (Å²) >= 11 is 1.49. The van der Waals surface area contributed by atoms with Gasteiger partial charge in [0.2, 0.25) is 0 Å². The molecule has 1 aromatic carbocycles. The summed E-state index contributed by atoms with van der Waals surface area (Å²) in [5, 5.41) is 3.80. The molecule has 2 heterocycles. The Balaban J connectivity index is 1.77. The fourth-order valence-electron chi connectivity index (χ4n) is 3.66. The summed E-state index contributed by atoms with van der Waals surface area (Å²) in [6.07, 6.45) is -0.874. The van der Waals surface area contributed by atoms with Crippen molar-refractivity contribution in [3.8, 4) is 0 Å². The highest BCUT2D eigenvalue weighted by Crippen LogP contribution is 2.43. The number of esters is 1. The summed E-state index contributed by atoms with van der Waals surface area (Å²) in [4.78, 5) is 38.2. The Kier molecular flexibility index (Phi) is 4.76. The predicted molar refractivity (Wildman–Crippen MR) is 99.9 cm³/mol. The first kappa shape index (κ1) is 17.8. The lowest BCUT2D eigenvalue weighted by atomic mass is 9.77.